The third-order valence-electron chi connectivity index (χ3n) is 3.64. The maximum Gasteiger partial charge on any atom is 0.0353 e. The molecule has 0 saturated heterocycles. The summed E-state index contributed by atoms with van der Waals surface area (Å²) < 4.78 is 0. The van der Waals surface area contributed by atoms with E-state index in [-0.39, 0.29) is 0 Å². The lowest BCUT2D eigenvalue weighted by atomic mass is 9.97. The molecule has 0 aliphatic carbocycles. The van der Waals surface area contributed by atoms with E-state index in [2.05, 4.69) is 52.4 Å². The highest BCUT2D eigenvalue weighted by molar-refractivity contribution is 6.04. The van der Waals surface area contributed by atoms with E-state index in [0.29, 0.717) is 0 Å². The van der Waals surface area contributed by atoms with Gasteiger partial charge in [-0.3, -0.25) is 9.97 Å². The van der Waals surface area contributed by atoms with Crippen LogP contribution in [0.2, 0.25) is 0 Å². The first kappa shape index (κ1) is 11.1. The summed E-state index contributed by atoms with van der Waals surface area (Å²) in [5.74, 6) is 0. The van der Waals surface area contributed by atoms with Gasteiger partial charge in [-0.2, -0.15) is 0 Å². The van der Waals surface area contributed by atoms with Crippen molar-refractivity contribution in [3.8, 4) is 11.1 Å². The molecule has 0 atom stereocenters. The average molecular weight is 256 g/mol. The minimum absolute atomic E-state index is 1.15. The fourth-order valence-electron chi connectivity index (χ4n) is 2.69. The standard InChI is InChI=1S/C18H12N2/c1-2-6-15-13(4-1)11-20-12-18(15)17-7-3-5-14-10-19-9-8-16(14)17/h1-12H. The minimum Gasteiger partial charge on any atom is -0.264 e. The molecule has 4 rings (SSSR count). The van der Waals surface area contributed by atoms with Crippen LogP contribution in [0.15, 0.2) is 73.3 Å². The molecule has 0 fully saturated rings. The van der Waals surface area contributed by atoms with Crippen molar-refractivity contribution < 1.29 is 0 Å². The van der Waals surface area contributed by atoms with E-state index in [1.807, 2.05) is 30.9 Å². The second-order valence-electron chi connectivity index (χ2n) is 4.81. The molecular formula is C18H12N2. The first-order valence-corrected chi connectivity index (χ1v) is 6.59. The molecule has 0 bridgehead atoms. The van der Waals surface area contributed by atoms with Gasteiger partial charge in [-0.25, -0.2) is 0 Å². The fraction of sp³-hybridized carbons (Fsp3) is 0. The van der Waals surface area contributed by atoms with Gasteiger partial charge in [-0.1, -0.05) is 42.5 Å². The number of fused-ring (bicyclic) bond motifs is 2. The Morgan fingerprint density at radius 1 is 0.550 bits per heavy atom. The Bertz CT molecular complexity index is 825. The van der Waals surface area contributed by atoms with Crippen LogP contribution in [0.25, 0.3) is 32.7 Å². The monoisotopic (exact) mass is 256 g/mol. The van der Waals surface area contributed by atoms with Crippen molar-refractivity contribution in [3.05, 3.63) is 73.3 Å². The van der Waals surface area contributed by atoms with Crippen LogP contribution in [0.5, 0.6) is 0 Å². The lowest BCUT2D eigenvalue weighted by Crippen LogP contribution is -1.86. The van der Waals surface area contributed by atoms with E-state index in [4.69, 9.17) is 0 Å². The number of hydrogen-bond acceptors (Lipinski definition) is 2. The van der Waals surface area contributed by atoms with Crippen molar-refractivity contribution in [2.24, 2.45) is 0 Å². The van der Waals surface area contributed by atoms with Crippen molar-refractivity contribution in [2.75, 3.05) is 0 Å². The van der Waals surface area contributed by atoms with Crippen LogP contribution in [-0.2, 0) is 0 Å². The minimum atomic E-state index is 1.15. The topological polar surface area (TPSA) is 25.8 Å². The second-order valence-corrected chi connectivity index (χ2v) is 4.81. The lowest BCUT2D eigenvalue weighted by Gasteiger charge is -2.09. The predicted molar refractivity (Wildman–Crippen MR) is 82.5 cm³/mol. The molecule has 0 aliphatic rings. The zero-order valence-corrected chi connectivity index (χ0v) is 10.8. The highest BCUT2D eigenvalue weighted by atomic mass is 14.6. The third kappa shape index (κ3) is 1.66. The average Bonchev–Trinajstić information content (AvgIpc) is 2.54. The number of aromatic nitrogens is 2. The Labute approximate surface area is 116 Å². The summed E-state index contributed by atoms with van der Waals surface area (Å²) in [6.07, 6.45) is 7.59. The van der Waals surface area contributed by atoms with Gasteiger partial charge >= 0.3 is 0 Å². The van der Waals surface area contributed by atoms with Crippen molar-refractivity contribution >= 4 is 21.5 Å². The third-order valence-corrected chi connectivity index (χ3v) is 3.64. The van der Waals surface area contributed by atoms with Crippen LogP contribution in [0, 0.1) is 0 Å². The molecule has 2 aromatic heterocycles. The summed E-state index contributed by atoms with van der Waals surface area (Å²) in [4.78, 5) is 8.57. The van der Waals surface area contributed by atoms with Crippen molar-refractivity contribution in [2.45, 2.75) is 0 Å². The van der Waals surface area contributed by atoms with Gasteiger partial charge in [0.15, 0.2) is 0 Å². The summed E-state index contributed by atoms with van der Waals surface area (Å²) in [7, 11) is 0. The Morgan fingerprint density at radius 2 is 1.30 bits per heavy atom. The van der Waals surface area contributed by atoms with Crippen molar-refractivity contribution in [1.82, 2.24) is 9.97 Å². The van der Waals surface area contributed by atoms with Gasteiger partial charge in [-0.15, -0.1) is 0 Å². The number of benzene rings is 2. The normalized spacial score (nSPS) is 11.0. The molecule has 94 valence electrons. The Kier molecular flexibility index (Phi) is 2.46. The van der Waals surface area contributed by atoms with Gasteiger partial charge in [-0.05, 0) is 22.4 Å². The quantitative estimate of drug-likeness (QED) is 0.503. The SMILES string of the molecule is c1cc(-c2cncc3ccccc23)c2ccncc2c1. The molecule has 0 saturated carbocycles. The van der Waals surface area contributed by atoms with Gasteiger partial charge in [0, 0.05) is 41.1 Å². The number of rotatable bonds is 1. The number of hydrogen-bond donors (Lipinski definition) is 0. The van der Waals surface area contributed by atoms with Gasteiger partial charge in [0.1, 0.15) is 0 Å². The molecule has 0 radical (unpaired) electrons. The summed E-state index contributed by atoms with van der Waals surface area (Å²) in [6.45, 7) is 0. The van der Waals surface area contributed by atoms with Gasteiger partial charge in [0.25, 0.3) is 0 Å². The molecule has 2 heterocycles. The molecular weight excluding hydrogens is 244 g/mol. The highest BCUT2D eigenvalue weighted by Crippen LogP contribution is 2.32. The molecule has 0 amide bonds. The number of pyridine rings is 2. The molecule has 2 aromatic carbocycles. The summed E-state index contributed by atoms with van der Waals surface area (Å²) in [5, 5.41) is 4.75. The first-order valence-electron chi connectivity index (χ1n) is 6.59. The Balaban J connectivity index is 2.12. The van der Waals surface area contributed by atoms with E-state index >= 15 is 0 Å². The van der Waals surface area contributed by atoms with E-state index < -0.39 is 0 Å². The van der Waals surface area contributed by atoms with Crippen LogP contribution in [-0.4, -0.2) is 9.97 Å². The molecule has 0 unspecified atom stereocenters. The maximum absolute atomic E-state index is 4.38. The van der Waals surface area contributed by atoms with Crippen LogP contribution in [0.1, 0.15) is 0 Å². The molecule has 4 aromatic rings. The van der Waals surface area contributed by atoms with Crippen LogP contribution < -0.4 is 0 Å². The number of nitrogens with zero attached hydrogens (tertiary/aromatic N) is 2. The molecule has 0 spiro atoms. The van der Waals surface area contributed by atoms with E-state index in [0.717, 1.165) is 10.8 Å². The van der Waals surface area contributed by atoms with Gasteiger partial charge < -0.3 is 0 Å². The van der Waals surface area contributed by atoms with Crippen LogP contribution >= 0.6 is 0 Å². The fourth-order valence-corrected chi connectivity index (χ4v) is 2.69. The van der Waals surface area contributed by atoms with E-state index in [1.54, 1.807) is 0 Å². The molecule has 20 heavy (non-hydrogen) atoms. The predicted octanol–water partition coefficient (Wildman–Crippen LogP) is 4.45. The zero-order valence-electron chi connectivity index (χ0n) is 10.8. The summed E-state index contributed by atoms with van der Waals surface area (Å²) >= 11 is 0. The van der Waals surface area contributed by atoms with Gasteiger partial charge in [0.05, 0.1) is 0 Å². The maximum atomic E-state index is 4.38. The highest BCUT2D eigenvalue weighted by Gasteiger charge is 2.07. The first-order chi connectivity index (χ1) is 9.93. The smallest absolute Gasteiger partial charge is 0.0353 e. The molecule has 2 nitrogen and oxygen atoms in total. The molecule has 2 heteroatoms. The Morgan fingerprint density at radius 3 is 2.25 bits per heavy atom. The Hall–Kier alpha value is -2.74. The largest absolute Gasteiger partial charge is 0.264 e. The lowest BCUT2D eigenvalue weighted by molar-refractivity contribution is 1.35. The summed E-state index contributed by atoms with van der Waals surface area (Å²) in [6, 6.07) is 16.7. The van der Waals surface area contributed by atoms with Crippen LogP contribution in [0.4, 0.5) is 0 Å². The van der Waals surface area contributed by atoms with Crippen molar-refractivity contribution in [1.29, 1.82) is 0 Å². The van der Waals surface area contributed by atoms with E-state index in [9.17, 15) is 0 Å². The van der Waals surface area contributed by atoms with Gasteiger partial charge in [0.2, 0.25) is 0 Å². The summed E-state index contributed by atoms with van der Waals surface area (Å²) in [5.41, 5.74) is 2.37. The zero-order chi connectivity index (χ0) is 13.4. The van der Waals surface area contributed by atoms with Crippen LogP contribution in [0.3, 0.4) is 0 Å². The second kappa shape index (κ2) is 4.42. The van der Waals surface area contributed by atoms with Crippen molar-refractivity contribution in [3.63, 3.8) is 0 Å². The molecule has 0 N–H and O–H groups in total. The molecule has 0 aliphatic heterocycles. The van der Waals surface area contributed by atoms with E-state index in [1.165, 1.54) is 21.9 Å².